The minimum atomic E-state index is -0.499. The van der Waals surface area contributed by atoms with E-state index >= 15 is 0 Å². The molecule has 1 aromatic carbocycles. The van der Waals surface area contributed by atoms with E-state index in [1.807, 2.05) is 12.1 Å². The van der Waals surface area contributed by atoms with E-state index in [4.69, 9.17) is 10.5 Å². The van der Waals surface area contributed by atoms with Crippen molar-refractivity contribution >= 4 is 22.5 Å². The number of rotatable bonds is 4. The SMILES string of the molecule is COc1cc2c(NC3CCCNC3)nccc2cc1C(N)=O. The van der Waals surface area contributed by atoms with Crippen molar-refractivity contribution in [2.75, 3.05) is 25.5 Å². The second kappa shape index (κ2) is 6.19. The van der Waals surface area contributed by atoms with Crippen molar-refractivity contribution in [3.8, 4) is 5.75 Å². The summed E-state index contributed by atoms with van der Waals surface area (Å²) in [6.07, 6.45) is 4.00. The number of piperidine rings is 1. The molecule has 1 aromatic heterocycles. The first-order chi connectivity index (χ1) is 10.7. The average molecular weight is 300 g/mol. The van der Waals surface area contributed by atoms with Gasteiger partial charge in [-0.1, -0.05) is 0 Å². The van der Waals surface area contributed by atoms with E-state index in [9.17, 15) is 4.79 Å². The predicted octanol–water partition coefficient (Wildman–Crippen LogP) is 1.51. The molecule has 116 valence electrons. The molecule has 6 nitrogen and oxygen atoms in total. The summed E-state index contributed by atoms with van der Waals surface area (Å²) in [7, 11) is 1.53. The second-order valence-corrected chi connectivity index (χ2v) is 5.49. The lowest BCUT2D eigenvalue weighted by Crippen LogP contribution is -2.38. The van der Waals surface area contributed by atoms with Crippen LogP contribution < -0.4 is 21.1 Å². The number of pyridine rings is 1. The van der Waals surface area contributed by atoms with Crippen molar-refractivity contribution in [2.24, 2.45) is 5.73 Å². The summed E-state index contributed by atoms with van der Waals surface area (Å²) in [4.78, 5) is 16.0. The van der Waals surface area contributed by atoms with Crippen LogP contribution in [0, 0.1) is 0 Å². The molecule has 1 fully saturated rings. The Balaban J connectivity index is 2.01. The van der Waals surface area contributed by atoms with Crippen molar-refractivity contribution in [1.29, 1.82) is 0 Å². The maximum absolute atomic E-state index is 11.5. The van der Waals surface area contributed by atoms with Gasteiger partial charge in [-0.05, 0) is 43.0 Å². The van der Waals surface area contributed by atoms with Crippen molar-refractivity contribution in [3.05, 3.63) is 30.0 Å². The number of carbonyl (C=O) groups excluding carboxylic acids is 1. The second-order valence-electron chi connectivity index (χ2n) is 5.49. The van der Waals surface area contributed by atoms with Gasteiger partial charge < -0.3 is 21.1 Å². The monoisotopic (exact) mass is 300 g/mol. The highest BCUT2D eigenvalue weighted by molar-refractivity contribution is 6.03. The first-order valence-corrected chi connectivity index (χ1v) is 7.43. The molecule has 1 atom stereocenters. The van der Waals surface area contributed by atoms with Gasteiger partial charge in [0.2, 0.25) is 0 Å². The number of aromatic nitrogens is 1. The predicted molar refractivity (Wildman–Crippen MR) is 86.3 cm³/mol. The van der Waals surface area contributed by atoms with E-state index in [1.165, 1.54) is 7.11 Å². The Bertz CT molecular complexity index is 696. The molecule has 0 bridgehead atoms. The van der Waals surface area contributed by atoms with Crippen LogP contribution in [0.25, 0.3) is 10.8 Å². The third-order valence-electron chi connectivity index (χ3n) is 3.99. The Kier molecular flexibility index (Phi) is 4.11. The molecule has 1 saturated heterocycles. The Morgan fingerprint density at radius 3 is 3.05 bits per heavy atom. The van der Waals surface area contributed by atoms with Crippen LogP contribution >= 0.6 is 0 Å². The Hall–Kier alpha value is -2.34. The molecule has 6 heteroatoms. The van der Waals surface area contributed by atoms with Gasteiger partial charge in [0.1, 0.15) is 11.6 Å². The molecule has 2 aromatic rings. The first kappa shape index (κ1) is 14.6. The number of primary amides is 1. The van der Waals surface area contributed by atoms with Crippen LogP contribution in [0.4, 0.5) is 5.82 Å². The number of nitrogens with one attached hydrogen (secondary N) is 2. The summed E-state index contributed by atoms with van der Waals surface area (Å²) in [5.41, 5.74) is 5.79. The Labute approximate surface area is 129 Å². The zero-order valence-electron chi connectivity index (χ0n) is 12.6. The zero-order chi connectivity index (χ0) is 15.5. The highest BCUT2D eigenvalue weighted by atomic mass is 16.5. The molecule has 3 rings (SSSR count). The standard InChI is InChI=1S/C16H20N4O2/c1-22-14-8-12-10(7-13(14)15(17)21)4-6-19-16(12)20-11-3-2-5-18-9-11/h4,6-8,11,18H,2-3,5,9H2,1H3,(H2,17,21)(H,19,20). The summed E-state index contributed by atoms with van der Waals surface area (Å²) in [5.74, 6) is 0.778. The number of anilines is 1. The summed E-state index contributed by atoms with van der Waals surface area (Å²) >= 11 is 0. The molecule has 1 amide bonds. The average Bonchev–Trinajstić information content (AvgIpc) is 2.55. The van der Waals surface area contributed by atoms with E-state index < -0.39 is 5.91 Å². The van der Waals surface area contributed by atoms with Crippen molar-refractivity contribution in [2.45, 2.75) is 18.9 Å². The molecule has 0 spiro atoms. The normalized spacial score (nSPS) is 18.1. The van der Waals surface area contributed by atoms with E-state index in [1.54, 1.807) is 12.3 Å². The fourth-order valence-electron chi connectivity index (χ4n) is 2.85. The van der Waals surface area contributed by atoms with Crippen molar-refractivity contribution in [3.63, 3.8) is 0 Å². The van der Waals surface area contributed by atoms with Crippen LogP contribution in [0.15, 0.2) is 24.4 Å². The Morgan fingerprint density at radius 1 is 1.50 bits per heavy atom. The highest BCUT2D eigenvalue weighted by Gasteiger charge is 2.16. The van der Waals surface area contributed by atoms with Crippen LogP contribution in [-0.2, 0) is 0 Å². The van der Waals surface area contributed by atoms with Gasteiger partial charge in [0.25, 0.3) is 5.91 Å². The molecule has 0 aliphatic carbocycles. The fraction of sp³-hybridized carbons (Fsp3) is 0.375. The van der Waals surface area contributed by atoms with Gasteiger partial charge in [0.05, 0.1) is 12.7 Å². The third kappa shape index (κ3) is 2.82. The van der Waals surface area contributed by atoms with Gasteiger partial charge in [0, 0.05) is 24.2 Å². The van der Waals surface area contributed by atoms with E-state index in [0.29, 0.717) is 17.4 Å². The summed E-state index contributed by atoms with van der Waals surface area (Å²) in [6.45, 7) is 1.99. The van der Waals surface area contributed by atoms with Crippen LogP contribution in [0.1, 0.15) is 23.2 Å². The Morgan fingerprint density at radius 2 is 2.36 bits per heavy atom. The van der Waals surface area contributed by atoms with Gasteiger partial charge >= 0.3 is 0 Å². The number of carbonyl (C=O) groups is 1. The molecule has 1 unspecified atom stereocenters. The molecule has 22 heavy (non-hydrogen) atoms. The first-order valence-electron chi connectivity index (χ1n) is 7.43. The number of ether oxygens (including phenoxy) is 1. The summed E-state index contributed by atoms with van der Waals surface area (Å²) < 4.78 is 5.29. The van der Waals surface area contributed by atoms with Crippen molar-refractivity contribution in [1.82, 2.24) is 10.3 Å². The van der Waals surface area contributed by atoms with Crippen LogP contribution in [0.5, 0.6) is 5.75 Å². The third-order valence-corrected chi connectivity index (χ3v) is 3.99. The van der Waals surface area contributed by atoms with Gasteiger partial charge in [-0.15, -0.1) is 0 Å². The smallest absolute Gasteiger partial charge is 0.252 e. The number of benzene rings is 1. The lowest BCUT2D eigenvalue weighted by Gasteiger charge is -2.25. The maximum atomic E-state index is 11.5. The summed E-state index contributed by atoms with van der Waals surface area (Å²) in [5, 5.41) is 8.69. The number of nitrogens with two attached hydrogens (primary N) is 1. The topological polar surface area (TPSA) is 89.3 Å². The van der Waals surface area contributed by atoms with Gasteiger partial charge in [-0.3, -0.25) is 4.79 Å². The van der Waals surface area contributed by atoms with Gasteiger partial charge in [0.15, 0.2) is 0 Å². The fourth-order valence-corrected chi connectivity index (χ4v) is 2.85. The van der Waals surface area contributed by atoms with Gasteiger partial charge in [-0.2, -0.15) is 0 Å². The van der Waals surface area contributed by atoms with Crippen LogP contribution in [-0.4, -0.2) is 37.1 Å². The molecular formula is C16H20N4O2. The summed E-state index contributed by atoms with van der Waals surface area (Å²) in [6, 6.07) is 5.79. The highest BCUT2D eigenvalue weighted by Crippen LogP contribution is 2.30. The van der Waals surface area contributed by atoms with E-state index in [-0.39, 0.29) is 0 Å². The number of methoxy groups -OCH3 is 1. The lowest BCUT2D eigenvalue weighted by atomic mass is 10.0. The largest absolute Gasteiger partial charge is 0.496 e. The van der Waals surface area contributed by atoms with E-state index in [0.717, 1.165) is 42.5 Å². The zero-order valence-corrected chi connectivity index (χ0v) is 12.6. The minimum Gasteiger partial charge on any atom is -0.496 e. The minimum absolute atomic E-state index is 0.355. The van der Waals surface area contributed by atoms with E-state index in [2.05, 4.69) is 15.6 Å². The molecule has 0 saturated carbocycles. The van der Waals surface area contributed by atoms with Crippen LogP contribution in [0.2, 0.25) is 0 Å². The van der Waals surface area contributed by atoms with Crippen LogP contribution in [0.3, 0.4) is 0 Å². The quantitative estimate of drug-likeness (QED) is 0.796. The van der Waals surface area contributed by atoms with Gasteiger partial charge in [-0.25, -0.2) is 4.98 Å². The molecule has 0 radical (unpaired) electrons. The maximum Gasteiger partial charge on any atom is 0.252 e. The lowest BCUT2D eigenvalue weighted by molar-refractivity contribution is 0.0997. The molecular weight excluding hydrogens is 280 g/mol. The molecule has 1 aliphatic heterocycles. The number of hydrogen-bond acceptors (Lipinski definition) is 5. The number of fused-ring (bicyclic) bond motifs is 1. The molecule has 2 heterocycles. The molecule has 4 N–H and O–H groups in total. The number of amides is 1. The number of hydrogen-bond donors (Lipinski definition) is 3. The van der Waals surface area contributed by atoms with Crippen molar-refractivity contribution < 1.29 is 9.53 Å². The number of nitrogens with zero attached hydrogens (tertiary/aromatic N) is 1. The molecule has 1 aliphatic rings.